The van der Waals surface area contributed by atoms with Crippen LogP contribution in [0.25, 0.3) is 0 Å². The van der Waals surface area contributed by atoms with Crippen LogP contribution >= 0.6 is 0 Å². The summed E-state index contributed by atoms with van der Waals surface area (Å²) >= 11 is 0. The van der Waals surface area contributed by atoms with Gasteiger partial charge in [-0.05, 0) is 32.6 Å². The molecule has 0 radical (unpaired) electrons. The first-order valence-electron chi connectivity index (χ1n) is 8.21. The average molecular weight is 313 g/mol. The predicted molar refractivity (Wildman–Crippen MR) is 82.7 cm³/mol. The van der Waals surface area contributed by atoms with E-state index in [4.69, 9.17) is 0 Å². The van der Waals surface area contributed by atoms with Gasteiger partial charge in [0, 0.05) is 12.6 Å². The fraction of sp³-hybridized carbons (Fsp3) is 0.933. The van der Waals surface area contributed by atoms with Gasteiger partial charge in [0.05, 0.1) is 6.07 Å². The predicted octanol–water partition coefficient (Wildman–Crippen LogP) is 2.70. The van der Waals surface area contributed by atoms with E-state index in [1.807, 2.05) is 6.92 Å². The highest BCUT2D eigenvalue weighted by atomic mass is 32.2. The Morgan fingerprint density at radius 3 is 2.29 bits per heavy atom. The lowest BCUT2D eigenvalue weighted by Crippen LogP contribution is -2.55. The topological polar surface area (TPSA) is 73.2 Å². The second kappa shape index (κ2) is 7.08. The first-order chi connectivity index (χ1) is 9.99. The molecule has 0 aromatic rings. The zero-order valence-corrected chi connectivity index (χ0v) is 13.8. The minimum absolute atomic E-state index is 0.0283. The molecule has 1 N–H and O–H groups in total. The summed E-state index contributed by atoms with van der Waals surface area (Å²) in [6.45, 7) is 2.52. The van der Waals surface area contributed by atoms with Gasteiger partial charge in [0.25, 0.3) is 10.2 Å². The highest BCUT2D eigenvalue weighted by molar-refractivity contribution is 7.87. The van der Waals surface area contributed by atoms with Crippen LogP contribution in [0.15, 0.2) is 0 Å². The Kier molecular flexibility index (Phi) is 5.64. The first kappa shape index (κ1) is 16.7. The molecule has 120 valence electrons. The molecule has 1 aliphatic heterocycles. The van der Waals surface area contributed by atoms with E-state index in [-0.39, 0.29) is 6.04 Å². The van der Waals surface area contributed by atoms with Crippen LogP contribution in [0.1, 0.15) is 71.1 Å². The van der Waals surface area contributed by atoms with Crippen molar-refractivity contribution in [3.05, 3.63) is 0 Å². The molecule has 6 heteroatoms. The number of nitrogens with zero attached hydrogens (tertiary/aromatic N) is 2. The molecule has 0 aromatic heterocycles. The molecule has 0 bridgehead atoms. The Morgan fingerprint density at radius 1 is 1.10 bits per heavy atom. The summed E-state index contributed by atoms with van der Waals surface area (Å²) in [5, 5.41) is 9.59. The number of nitrogens with one attached hydrogen (secondary N) is 1. The second-order valence-electron chi connectivity index (χ2n) is 6.52. The first-order valence-corrected chi connectivity index (χ1v) is 9.65. The van der Waals surface area contributed by atoms with Crippen molar-refractivity contribution in [2.75, 3.05) is 6.54 Å². The molecule has 0 spiro atoms. The number of piperidine rings is 1. The van der Waals surface area contributed by atoms with Gasteiger partial charge in [0.15, 0.2) is 0 Å². The maximum absolute atomic E-state index is 12.7. The lowest BCUT2D eigenvalue weighted by molar-refractivity contribution is 0.256. The molecule has 1 aliphatic carbocycles. The van der Waals surface area contributed by atoms with E-state index in [1.54, 1.807) is 4.31 Å². The number of rotatable bonds is 3. The summed E-state index contributed by atoms with van der Waals surface area (Å²) in [5.41, 5.74) is -0.906. The molecule has 0 amide bonds. The smallest absolute Gasteiger partial charge is 0.196 e. The average Bonchev–Trinajstić information content (AvgIpc) is 2.42. The highest BCUT2D eigenvalue weighted by Crippen LogP contribution is 2.28. The Hall–Kier alpha value is -0.640. The molecule has 21 heavy (non-hydrogen) atoms. The quantitative estimate of drug-likeness (QED) is 0.870. The van der Waals surface area contributed by atoms with Gasteiger partial charge >= 0.3 is 0 Å². The van der Waals surface area contributed by atoms with Crippen molar-refractivity contribution in [3.8, 4) is 6.07 Å². The van der Waals surface area contributed by atoms with Crippen molar-refractivity contribution in [1.82, 2.24) is 9.03 Å². The summed E-state index contributed by atoms with van der Waals surface area (Å²) < 4.78 is 29.7. The zero-order valence-electron chi connectivity index (χ0n) is 13.0. The molecule has 1 atom stereocenters. The van der Waals surface area contributed by atoms with Crippen molar-refractivity contribution in [2.45, 2.75) is 82.7 Å². The lowest BCUT2D eigenvalue weighted by Gasteiger charge is -2.36. The van der Waals surface area contributed by atoms with E-state index in [1.165, 1.54) is 6.42 Å². The maximum atomic E-state index is 12.7. The van der Waals surface area contributed by atoms with Gasteiger partial charge in [0.1, 0.15) is 5.54 Å². The van der Waals surface area contributed by atoms with E-state index in [2.05, 4.69) is 10.8 Å². The SMILES string of the molecule is CC1CCCCN1S(=O)(=O)NC1(C#N)CCCCCCC1. The number of hydrogen-bond acceptors (Lipinski definition) is 3. The van der Waals surface area contributed by atoms with Gasteiger partial charge in [0.2, 0.25) is 0 Å². The highest BCUT2D eigenvalue weighted by Gasteiger charge is 2.39. The van der Waals surface area contributed by atoms with E-state index in [9.17, 15) is 13.7 Å². The van der Waals surface area contributed by atoms with E-state index in [0.717, 1.165) is 44.9 Å². The van der Waals surface area contributed by atoms with E-state index < -0.39 is 15.7 Å². The molecular weight excluding hydrogens is 286 g/mol. The molecule has 1 saturated carbocycles. The Balaban J connectivity index is 2.13. The largest absolute Gasteiger partial charge is 0.281 e. The van der Waals surface area contributed by atoms with Crippen LogP contribution in [0.2, 0.25) is 0 Å². The third-order valence-electron chi connectivity index (χ3n) is 4.80. The van der Waals surface area contributed by atoms with Gasteiger partial charge < -0.3 is 0 Å². The fourth-order valence-corrected chi connectivity index (χ4v) is 5.29. The molecular formula is C15H27N3O2S. The summed E-state index contributed by atoms with van der Waals surface area (Å²) in [7, 11) is -3.57. The maximum Gasteiger partial charge on any atom is 0.281 e. The molecule has 1 heterocycles. The summed E-state index contributed by atoms with van der Waals surface area (Å²) in [6, 6.07) is 2.31. The van der Waals surface area contributed by atoms with E-state index in [0.29, 0.717) is 19.4 Å². The van der Waals surface area contributed by atoms with Crippen molar-refractivity contribution in [3.63, 3.8) is 0 Å². The number of nitriles is 1. The van der Waals surface area contributed by atoms with Gasteiger partial charge in [-0.1, -0.05) is 38.5 Å². The standard InChI is InChI=1S/C15H27N3O2S/c1-14-9-5-8-12-18(14)21(19,20)17-15(13-16)10-6-3-2-4-7-11-15/h14,17H,2-12H2,1H3. The van der Waals surface area contributed by atoms with Gasteiger partial charge in [-0.15, -0.1) is 0 Å². The van der Waals surface area contributed by atoms with Crippen LogP contribution in [0.5, 0.6) is 0 Å². The molecule has 2 rings (SSSR count). The van der Waals surface area contributed by atoms with Crippen molar-refractivity contribution < 1.29 is 8.42 Å². The number of hydrogen-bond donors (Lipinski definition) is 1. The van der Waals surface area contributed by atoms with Crippen LogP contribution in [0.3, 0.4) is 0 Å². The van der Waals surface area contributed by atoms with E-state index >= 15 is 0 Å². The summed E-state index contributed by atoms with van der Waals surface area (Å²) in [5.74, 6) is 0. The molecule has 1 saturated heterocycles. The summed E-state index contributed by atoms with van der Waals surface area (Å²) in [4.78, 5) is 0. The minimum Gasteiger partial charge on any atom is -0.196 e. The monoisotopic (exact) mass is 313 g/mol. The van der Waals surface area contributed by atoms with Crippen LogP contribution in [-0.2, 0) is 10.2 Å². The van der Waals surface area contributed by atoms with Crippen LogP contribution in [0, 0.1) is 11.3 Å². The minimum atomic E-state index is -3.57. The third-order valence-corrected chi connectivity index (χ3v) is 6.60. The Morgan fingerprint density at radius 2 is 1.71 bits per heavy atom. The molecule has 1 unspecified atom stereocenters. The van der Waals surface area contributed by atoms with Crippen molar-refractivity contribution in [2.24, 2.45) is 0 Å². The van der Waals surface area contributed by atoms with Gasteiger partial charge in [-0.3, -0.25) is 0 Å². The van der Waals surface area contributed by atoms with Crippen LogP contribution in [-0.4, -0.2) is 30.8 Å². The lowest BCUT2D eigenvalue weighted by atomic mass is 9.86. The van der Waals surface area contributed by atoms with Gasteiger partial charge in [-0.25, -0.2) is 0 Å². The molecule has 2 fully saturated rings. The molecule has 2 aliphatic rings. The molecule has 0 aromatic carbocycles. The normalized spacial score (nSPS) is 28.3. The molecule has 5 nitrogen and oxygen atoms in total. The third kappa shape index (κ3) is 4.18. The van der Waals surface area contributed by atoms with Crippen LogP contribution < -0.4 is 4.72 Å². The Labute approximate surface area is 128 Å². The Bertz CT molecular complexity index is 476. The van der Waals surface area contributed by atoms with Crippen molar-refractivity contribution >= 4 is 10.2 Å². The van der Waals surface area contributed by atoms with Crippen molar-refractivity contribution in [1.29, 1.82) is 5.26 Å². The summed E-state index contributed by atoms with van der Waals surface area (Å²) in [6.07, 6.45) is 9.36. The van der Waals surface area contributed by atoms with Crippen LogP contribution in [0.4, 0.5) is 0 Å². The van der Waals surface area contributed by atoms with Gasteiger partial charge in [-0.2, -0.15) is 22.7 Å². The second-order valence-corrected chi connectivity index (χ2v) is 8.15. The fourth-order valence-electron chi connectivity index (χ4n) is 3.48. The zero-order chi connectivity index (χ0) is 15.3.